The molecule has 3 aromatic carbocycles. The van der Waals surface area contributed by atoms with Crippen LogP contribution in [0.15, 0.2) is 66.7 Å². The number of methoxy groups -OCH3 is 1. The summed E-state index contributed by atoms with van der Waals surface area (Å²) in [5.41, 5.74) is 7.07. The van der Waals surface area contributed by atoms with E-state index in [0.29, 0.717) is 24.6 Å². The van der Waals surface area contributed by atoms with Crippen molar-refractivity contribution in [1.29, 1.82) is 0 Å². The Morgan fingerprint density at radius 1 is 1.00 bits per heavy atom. The number of hydrogen-bond donors (Lipinski definition) is 0. The first-order valence-electron chi connectivity index (χ1n) is 18.6. The molecule has 3 heterocycles. The van der Waals surface area contributed by atoms with Crippen LogP contribution in [0.1, 0.15) is 106 Å². The third-order valence-electron chi connectivity index (χ3n) is 11.1. The van der Waals surface area contributed by atoms with E-state index in [1.807, 2.05) is 37.8 Å². The van der Waals surface area contributed by atoms with Crippen LogP contribution in [-0.4, -0.2) is 53.4 Å². The van der Waals surface area contributed by atoms with E-state index in [4.69, 9.17) is 14.2 Å². The number of amides is 1. The van der Waals surface area contributed by atoms with Crippen molar-refractivity contribution >= 4 is 23.0 Å². The Morgan fingerprint density at radius 3 is 2.50 bits per heavy atom. The van der Waals surface area contributed by atoms with Gasteiger partial charge in [0.05, 0.1) is 24.4 Å². The number of ether oxygens (including phenoxy) is 3. The van der Waals surface area contributed by atoms with Crippen molar-refractivity contribution in [2.45, 2.75) is 110 Å². The van der Waals surface area contributed by atoms with E-state index in [1.54, 1.807) is 7.11 Å². The third-order valence-corrected chi connectivity index (χ3v) is 11.1. The van der Waals surface area contributed by atoms with Gasteiger partial charge in [-0.3, -0.25) is 0 Å². The predicted molar refractivity (Wildman–Crippen MR) is 198 cm³/mol. The van der Waals surface area contributed by atoms with Gasteiger partial charge in [0.2, 0.25) is 0 Å². The van der Waals surface area contributed by atoms with Crippen LogP contribution in [0.5, 0.6) is 5.75 Å². The van der Waals surface area contributed by atoms with E-state index in [0.717, 1.165) is 56.3 Å². The zero-order valence-corrected chi connectivity index (χ0v) is 30.4. The second kappa shape index (κ2) is 13.8. The molecule has 1 amide bonds. The average molecular weight is 677 g/mol. The molecule has 0 N–H and O–H groups in total. The van der Waals surface area contributed by atoms with Gasteiger partial charge in [-0.05, 0) is 106 Å². The summed E-state index contributed by atoms with van der Waals surface area (Å²) < 4.78 is 20.0. The lowest BCUT2D eigenvalue weighted by molar-refractivity contribution is 0.00695. The second-order valence-corrected chi connectivity index (χ2v) is 15.9. The molecule has 0 spiro atoms. The standard InChI is InChI=1S/C43H52N2O5/c1-6-21-43(27-44-33(26-49-41(44)47)22-29-13-9-7-10-14-29)25-32-23-34(48-5)18-20-35(32)39-38(30-15-11-8-12-16-30)36-19-17-31(24-37(36)45(39)28-43)40(46)50-42(2,3)4/h7,9-10,13-14,17-20,23-24,30,33H,6,8,11-12,15-16,21-22,25-28H2,1-5H3. The van der Waals surface area contributed by atoms with Crippen LogP contribution in [0.3, 0.4) is 0 Å². The van der Waals surface area contributed by atoms with Crippen LogP contribution < -0.4 is 4.74 Å². The van der Waals surface area contributed by atoms with Crippen molar-refractivity contribution in [3.63, 3.8) is 0 Å². The number of carbonyl (C=O) groups is 2. The van der Waals surface area contributed by atoms with Crippen LogP contribution in [0.25, 0.3) is 22.2 Å². The minimum atomic E-state index is -0.593. The molecule has 2 atom stereocenters. The maximum Gasteiger partial charge on any atom is 0.410 e. The summed E-state index contributed by atoms with van der Waals surface area (Å²) in [5, 5.41) is 1.22. The van der Waals surface area contributed by atoms with Crippen molar-refractivity contribution < 1.29 is 23.8 Å². The molecule has 2 aliphatic heterocycles. The van der Waals surface area contributed by atoms with Crippen LogP contribution in [0, 0.1) is 5.41 Å². The largest absolute Gasteiger partial charge is 0.497 e. The second-order valence-electron chi connectivity index (χ2n) is 15.9. The Bertz CT molecular complexity index is 1870. The molecule has 0 radical (unpaired) electrons. The summed E-state index contributed by atoms with van der Waals surface area (Å²) in [7, 11) is 1.73. The van der Waals surface area contributed by atoms with Gasteiger partial charge in [-0.15, -0.1) is 0 Å². The maximum atomic E-state index is 13.6. The molecule has 7 heteroatoms. The van der Waals surface area contributed by atoms with Crippen molar-refractivity contribution in [3.8, 4) is 17.0 Å². The molecule has 1 saturated carbocycles. The van der Waals surface area contributed by atoms with Crippen molar-refractivity contribution in [2.24, 2.45) is 5.41 Å². The zero-order valence-electron chi connectivity index (χ0n) is 30.4. The van der Waals surface area contributed by atoms with Crippen molar-refractivity contribution in [2.75, 3.05) is 20.3 Å². The van der Waals surface area contributed by atoms with Gasteiger partial charge in [0.1, 0.15) is 18.0 Å². The van der Waals surface area contributed by atoms with Gasteiger partial charge in [-0.2, -0.15) is 0 Å². The molecular formula is C43H52N2O5. The molecule has 2 fully saturated rings. The topological polar surface area (TPSA) is 70.0 Å². The molecule has 7 nitrogen and oxygen atoms in total. The molecule has 50 heavy (non-hydrogen) atoms. The van der Waals surface area contributed by atoms with Crippen LogP contribution in [-0.2, 0) is 28.9 Å². The van der Waals surface area contributed by atoms with Gasteiger partial charge < -0.3 is 23.7 Å². The summed E-state index contributed by atoms with van der Waals surface area (Å²) in [4.78, 5) is 29.1. The number of aromatic nitrogens is 1. The van der Waals surface area contributed by atoms with Crippen molar-refractivity contribution in [1.82, 2.24) is 9.47 Å². The number of fused-ring (bicyclic) bond motifs is 5. The van der Waals surface area contributed by atoms with Gasteiger partial charge in [-0.1, -0.05) is 69.0 Å². The van der Waals surface area contributed by atoms with Gasteiger partial charge in [0.25, 0.3) is 0 Å². The molecule has 3 aliphatic rings. The number of rotatable bonds is 9. The molecule has 4 aromatic rings. The highest BCUT2D eigenvalue weighted by Crippen LogP contribution is 2.50. The Hall–Kier alpha value is -4.26. The Morgan fingerprint density at radius 2 is 1.78 bits per heavy atom. The molecule has 1 aromatic heterocycles. The SMILES string of the molecule is CCCC1(CN2C(=O)OCC2Cc2ccccc2)Cc2cc(OC)ccc2-c2c(C3CCCCC3)c3ccc(C(=O)OC(C)(C)C)cc3n2C1. The summed E-state index contributed by atoms with van der Waals surface area (Å²) in [6.45, 7) is 9.66. The van der Waals surface area contributed by atoms with Gasteiger partial charge in [0, 0.05) is 35.0 Å². The van der Waals surface area contributed by atoms with E-state index < -0.39 is 5.60 Å². The van der Waals surface area contributed by atoms with Crippen LogP contribution in [0.4, 0.5) is 4.79 Å². The van der Waals surface area contributed by atoms with Gasteiger partial charge in [0.15, 0.2) is 0 Å². The quantitative estimate of drug-likeness (QED) is 0.165. The minimum Gasteiger partial charge on any atom is -0.497 e. The summed E-state index contributed by atoms with van der Waals surface area (Å²) >= 11 is 0. The fourth-order valence-electron chi connectivity index (χ4n) is 8.95. The predicted octanol–water partition coefficient (Wildman–Crippen LogP) is 9.73. The van der Waals surface area contributed by atoms with E-state index in [9.17, 15) is 9.59 Å². The first-order chi connectivity index (χ1) is 24.1. The molecule has 264 valence electrons. The Kier molecular flexibility index (Phi) is 9.44. The van der Waals surface area contributed by atoms with E-state index in [-0.39, 0.29) is 23.5 Å². The number of benzene rings is 3. The highest BCUT2D eigenvalue weighted by Gasteiger charge is 2.44. The summed E-state index contributed by atoms with van der Waals surface area (Å²) in [6, 6.07) is 23.1. The molecular weight excluding hydrogens is 624 g/mol. The zero-order chi connectivity index (χ0) is 35.0. The number of carbonyl (C=O) groups excluding carboxylic acids is 2. The number of nitrogens with zero attached hydrogens (tertiary/aromatic N) is 2. The monoisotopic (exact) mass is 676 g/mol. The van der Waals surface area contributed by atoms with Gasteiger partial charge in [-0.25, -0.2) is 9.59 Å². The first-order valence-corrected chi connectivity index (χ1v) is 18.6. The van der Waals surface area contributed by atoms with E-state index >= 15 is 0 Å². The lowest BCUT2D eigenvalue weighted by atomic mass is 9.76. The highest BCUT2D eigenvalue weighted by molar-refractivity contribution is 5.99. The van der Waals surface area contributed by atoms with Gasteiger partial charge >= 0.3 is 12.1 Å². The maximum absolute atomic E-state index is 13.6. The number of hydrogen-bond acceptors (Lipinski definition) is 5. The number of cyclic esters (lactones) is 1. The molecule has 0 bridgehead atoms. The Labute approximate surface area is 296 Å². The lowest BCUT2D eigenvalue weighted by Gasteiger charge is -2.38. The van der Waals surface area contributed by atoms with Crippen molar-refractivity contribution in [3.05, 3.63) is 89.0 Å². The molecule has 1 saturated heterocycles. The molecule has 7 rings (SSSR count). The van der Waals surface area contributed by atoms with Crippen LogP contribution >= 0.6 is 0 Å². The van der Waals surface area contributed by atoms with E-state index in [2.05, 4.69) is 66.1 Å². The minimum absolute atomic E-state index is 0.0379. The average Bonchev–Trinajstić information content (AvgIpc) is 3.55. The summed E-state index contributed by atoms with van der Waals surface area (Å²) in [6.07, 6.45) is 9.26. The van der Waals surface area contributed by atoms with E-state index in [1.165, 1.54) is 52.6 Å². The normalized spacial score (nSPS) is 21.0. The van der Waals surface area contributed by atoms with Crippen LogP contribution in [0.2, 0.25) is 0 Å². The molecule has 2 unspecified atom stereocenters. The number of esters is 1. The fourth-order valence-corrected chi connectivity index (χ4v) is 8.95. The summed E-state index contributed by atoms with van der Waals surface area (Å²) in [5.74, 6) is 0.969. The molecule has 1 aliphatic carbocycles. The third kappa shape index (κ3) is 6.76. The lowest BCUT2D eigenvalue weighted by Crippen LogP contribution is -2.46. The first kappa shape index (κ1) is 34.2. The highest BCUT2D eigenvalue weighted by atomic mass is 16.6. The fraction of sp³-hybridized carbons (Fsp3) is 0.488. The smallest absolute Gasteiger partial charge is 0.410 e. The Balaban J connectivity index is 1.41.